The van der Waals surface area contributed by atoms with Crippen molar-refractivity contribution in [1.82, 2.24) is 0 Å². The molecule has 0 amide bonds. The first-order chi connectivity index (χ1) is 7.33. The molecule has 3 heteroatoms. The molecule has 0 atom stereocenters. The van der Waals surface area contributed by atoms with E-state index in [1.54, 1.807) is 0 Å². The van der Waals surface area contributed by atoms with Crippen LogP contribution in [-0.4, -0.2) is 0 Å². The van der Waals surface area contributed by atoms with Crippen molar-refractivity contribution >= 4 is 12.6 Å². The van der Waals surface area contributed by atoms with E-state index in [2.05, 4.69) is 25.1 Å². The van der Waals surface area contributed by atoms with Gasteiger partial charge in [0.05, 0.1) is 0 Å². The molecule has 0 aliphatic rings. The number of rotatable bonds is 2. The van der Waals surface area contributed by atoms with Crippen molar-refractivity contribution in [3.05, 3.63) is 66.6 Å². The molecule has 0 aromatic heterocycles. The van der Waals surface area contributed by atoms with Gasteiger partial charge in [-0.1, -0.05) is 41.5 Å². The fourth-order valence-corrected chi connectivity index (χ4v) is 1.94. The van der Waals surface area contributed by atoms with E-state index in [-0.39, 0.29) is 37.7 Å². The van der Waals surface area contributed by atoms with Crippen LogP contribution < -0.4 is 37.7 Å². The van der Waals surface area contributed by atoms with Crippen molar-refractivity contribution in [2.75, 3.05) is 0 Å². The molecule has 0 nitrogen and oxygen atoms in total. The van der Waals surface area contributed by atoms with Crippen molar-refractivity contribution in [3.8, 4) is 11.1 Å². The van der Waals surface area contributed by atoms with Crippen molar-refractivity contribution < 1.29 is 37.7 Å². The first kappa shape index (κ1) is 16.9. The molecule has 2 rings (SSSR count). The third-order valence-corrected chi connectivity index (χ3v) is 2.79. The zero-order valence-electron chi connectivity index (χ0n) is 10.4. The van der Waals surface area contributed by atoms with Crippen molar-refractivity contribution in [1.29, 1.82) is 0 Å². The molecule has 0 bridgehead atoms. The summed E-state index contributed by atoms with van der Waals surface area (Å²) in [5.41, 5.74) is 4.63. The minimum absolute atomic E-state index is 0. The molecule has 17 heavy (non-hydrogen) atoms. The van der Waals surface area contributed by atoms with Gasteiger partial charge in [0.15, 0.2) is 0 Å². The largest absolute Gasteiger partial charge is 1.00 e. The molecule has 0 spiro atoms. The fraction of sp³-hybridized carbons (Fsp3) is 0.0714. The van der Waals surface area contributed by atoms with Gasteiger partial charge in [0.25, 0.3) is 0 Å². The Bertz CT molecular complexity index is 469. The SMILES string of the molecule is [CH2-]c1ccccc1-c1ccccc1C[S-].[Li+].[Li+]. The monoisotopic (exact) mass is 226 g/mol. The van der Waals surface area contributed by atoms with E-state index in [9.17, 15) is 0 Å². The predicted octanol–water partition coefficient (Wildman–Crippen LogP) is -2.41. The molecule has 0 fully saturated rings. The maximum atomic E-state index is 5.13. The fourth-order valence-electron chi connectivity index (χ4n) is 1.69. The van der Waals surface area contributed by atoms with Crippen LogP contribution in [0.5, 0.6) is 0 Å². The minimum Gasteiger partial charge on any atom is -0.788 e. The maximum absolute atomic E-state index is 5.13. The summed E-state index contributed by atoms with van der Waals surface area (Å²) in [5, 5.41) is 0. The molecule has 0 unspecified atom stereocenters. The quantitative estimate of drug-likeness (QED) is 0.312. The van der Waals surface area contributed by atoms with E-state index in [4.69, 9.17) is 12.6 Å². The Labute approximate surface area is 133 Å². The van der Waals surface area contributed by atoms with Crippen molar-refractivity contribution in [2.24, 2.45) is 0 Å². The van der Waals surface area contributed by atoms with Gasteiger partial charge in [-0.2, -0.15) is 24.3 Å². The van der Waals surface area contributed by atoms with Gasteiger partial charge in [-0.05, 0) is 0 Å². The summed E-state index contributed by atoms with van der Waals surface area (Å²) in [4.78, 5) is 0. The van der Waals surface area contributed by atoms with E-state index in [0.29, 0.717) is 5.75 Å². The standard InChI is InChI=1S/C14H13S.2Li/c1-11-6-2-4-8-13(11)14-9-5-3-7-12(14)10-15;;/h2-9,15H,1,10H2;;/q-1;2*+1/p-1. The first-order valence-corrected chi connectivity index (χ1v) is 5.48. The number of hydrogen-bond donors (Lipinski definition) is 0. The van der Waals surface area contributed by atoms with Gasteiger partial charge in [0, 0.05) is 0 Å². The van der Waals surface area contributed by atoms with Gasteiger partial charge in [0.2, 0.25) is 0 Å². The summed E-state index contributed by atoms with van der Waals surface area (Å²) in [6, 6.07) is 16.4. The first-order valence-electron chi connectivity index (χ1n) is 4.90. The van der Waals surface area contributed by atoms with Crippen LogP contribution in [0, 0.1) is 6.92 Å². The Morgan fingerprint density at radius 3 is 1.94 bits per heavy atom. The molecule has 0 saturated heterocycles. The molecule has 2 aromatic carbocycles. The van der Waals surface area contributed by atoms with Crippen LogP contribution in [0.25, 0.3) is 11.1 Å². The summed E-state index contributed by atoms with van der Waals surface area (Å²) in [6.45, 7) is 4.04. The Morgan fingerprint density at radius 2 is 1.35 bits per heavy atom. The second-order valence-corrected chi connectivity index (χ2v) is 3.75. The average molecular weight is 226 g/mol. The molecule has 0 radical (unpaired) electrons. The van der Waals surface area contributed by atoms with Crippen LogP contribution in [0.4, 0.5) is 0 Å². The van der Waals surface area contributed by atoms with Crippen LogP contribution in [0.15, 0.2) is 48.5 Å². The van der Waals surface area contributed by atoms with Gasteiger partial charge in [0.1, 0.15) is 0 Å². The summed E-state index contributed by atoms with van der Waals surface area (Å²) in [6.07, 6.45) is 0. The normalized spacial score (nSPS) is 9.00. The molecule has 0 N–H and O–H groups in total. The minimum atomic E-state index is 0. The molecular formula is C14H12Li2S. The molecule has 0 heterocycles. The summed E-state index contributed by atoms with van der Waals surface area (Å²) >= 11 is 5.13. The maximum Gasteiger partial charge on any atom is 1.00 e. The molecule has 76 valence electrons. The van der Waals surface area contributed by atoms with Crippen molar-refractivity contribution in [3.63, 3.8) is 0 Å². The van der Waals surface area contributed by atoms with Crippen LogP contribution >= 0.6 is 0 Å². The Kier molecular flexibility index (Phi) is 7.98. The van der Waals surface area contributed by atoms with Crippen LogP contribution in [-0.2, 0) is 18.4 Å². The van der Waals surface area contributed by atoms with E-state index < -0.39 is 0 Å². The second kappa shape index (κ2) is 8.04. The topological polar surface area (TPSA) is 0 Å². The summed E-state index contributed by atoms with van der Waals surface area (Å²) in [5.74, 6) is 0.643. The summed E-state index contributed by atoms with van der Waals surface area (Å²) < 4.78 is 0. The van der Waals surface area contributed by atoms with Crippen LogP contribution in [0.3, 0.4) is 0 Å². The van der Waals surface area contributed by atoms with Gasteiger partial charge < -0.3 is 12.6 Å². The second-order valence-electron chi connectivity index (χ2n) is 3.46. The van der Waals surface area contributed by atoms with Gasteiger partial charge in [-0.3, -0.25) is 0 Å². The van der Waals surface area contributed by atoms with E-state index >= 15 is 0 Å². The smallest absolute Gasteiger partial charge is 0.788 e. The number of hydrogen-bond acceptors (Lipinski definition) is 1. The Hall–Kier alpha value is -0.145. The summed E-state index contributed by atoms with van der Waals surface area (Å²) in [7, 11) is 0. The number of benzene rings is 2. The zero-order chi connectivity index (χ0) is 10.7. The Morgan fingerprint density at radius 1 is 0.824 bits per heavy atom. The van der Waals surface area contributed by atoms with E-state index in [1.165, 1.54) is 16.7 Å². The van der Waals surface area contributed by atoms with Gasteiger partial charge >= 0.3 is 37.7 Å². The molecule has 0 saturated carbocycles. The van der Waals surface area contributed by atoms with E-state index in [1.807, 2.05) is 30.3 Å². The average Bonchev–Trinajstić information content (AvgIpc) is 2.30. The predicted molar refractivity (Wildman–Crippen MR) is 67.4 cm³/mol. The Balaban J connectivity index is 0.00000128. The van der Waals surface area contributed by atoms with Crippen LogP contribution in [0.1, 0.15) is 11.1 Å². The van der Waals surface area contributed by atoms with E-state index in [0.717, 1.165) is 5.56 Å². The molecule has 2 aromatic rings. The van der Waals surface area contributed by atoms with Crippen molar-refractivity contribution in [2.45, 2.75) is 5.75 Å². The van der Waals surface area contributed by atoms with Gasteiger partial charge in [-0.15, -0.1) is 17.7 Å². The zero-order valence-corrected chi connectivity index (χ0v) is 11.3. The molecule has 0 aliphatic carbocycles. The third-order valence-electron chi connectivity index (χ3n) is 2.48. The molecular weight excluding hydrogens is 214 g/mol. The third kappa shape index (κ3) is 3.92. The van der Waals surface area contributed by atoms with Gasteiger partial charge in [-0.25, -0.2) is 0 Å². The molecule has 0 aliphatic heterocycles. The van der Waals surface area contributed by atoms with Crippen LogP contribution in [0.2, 0.25) is 0 Å².